The molecule has 196 valence electrons. The Hall–Kier alpha value is -4.34. The highest BCUT2D eigenvalue weighted by molar-refractivity contribution is 5.71. The second kappa shape index (κ2) is 11.4. The van der Waals surface area contributed by atoms with Gasteiger partial charge in [0.25, 0.3) is 5.88 Å². The van der Waals surface area contributed by atoms with Crippen LogP contribution in [0.2, 0.25) is 0 Å². The fourth-order valence-corrected chi connectivity index (χ4v) is 3.42. The lowest BCUT2D eigenvalue weighted by Gasteiger charge is -2.14. The molecule has 1 aromatic heterocycles. The molecule has 0 N–H and O–H groups in total. The summed E-state index contributed by atoms with van der Waals surface area (Å²) in [4.78, 5) is 0. The standard InChI is InChI=1S/C28H20F6N2O2/c29-27(30,31)22-13-11-21(24(15-22)28(32,33)34)12-14-23-16-25(37-17-19-7-3-1-4-8-19)26(36-35-23)38-18-20-9-5-2-6-10-20/h1-16H,17-18H2. The molecular formula is C28H20F6N2O2. The second-order valence-electron chi connectivity index (χ2n) is 8.12. The Balaban J connectivity index is 1.62. The van der Waals surface area contributed by atoms with Crippen molar-refractivity contribution in [3.8, 4) is 11.6 Å². The van der Waals surface area contributed by atoms with Gasteiger partial charge in [0.15, 0.2) is 5.75 Å². The highest BCUT2D eigenvalue weighted by atomic mass is 19.4. The van der Waals surface area contributed by atoms with Crippen molar-refractivity contribution in [2.45, 2.75) is 25.6 Å². The van der Waals surface area contributed by atoms with Crippen molar-refractivity contribution in [2.24, 2.45) is 0 Å². The average Bonchev–Trinajstić information content (AvgIpc) is 2.90. The first kappa shape index (κ1) is 26.7. The van der Waals surface area contributed by atoms with Gasteiger partial charge in [-0.1, -0.05) is 72.8 Å². The second-order valence-corrected chi connectivity index (χ2v) is 8.12. The third-order valence-corrected chi connectivity index (χ3v) is 5.32. The van der Waals surface area contributed by atoms with E-state index in [9.17, 15) is 26.3 Å². The van der Waals surface area contributed by atoms with Crippen LogP contribution in [0.3, 0.4) is 0 Å². The number of alkyl halides is 6. The number of rotatable bonds is 8. The summed E-state index contributed by atoms with van der Waals surface area (Å²) in [6.07, 6.45) is -7.67. The normalized spacial score (nSPS) is 12.1. The summed E-state index contributed by atoms with van der Waals surface area (Å²) < 4.78 is 90.9. The molecule has 0 fully saturated rings. The van der Waals surface area contributed by atoms with Crippen molar-refractivity contribution in [1.82, 2.24) is 10.2 Å². The number of hydrogen-bond donors (Lipinski definition) is 0. The fourth-order valence-electron chi connectivity index (χ4n) is 3.42. The minimum absolute atomic E-state index is 0.0763. The predicted molar refractivity (Wildman–Crippen MR) is 129 cm³/mol. The van der Waals surface area contributed by atoms with Crippen LogP contribution >= 0.6 is 0 Å². The minimum Gasteiger partial charge on any atom is -0.483 e. The Kier molecular flexibility index (Phi) is 7.99. The molecule has 0 saturated heterocycles. The van der Waals surface area contributed by atoms with Gasteiger partial charge in [-0.05, 0) is 34.9 Å². The summed E-state index contributed by atoms with van der Waals surface area (Å²) in [5.41, 5.74) is -1.42. The molecule has 1 heterocycles. The Morgan fingerprint density at radius 3 is 1.82 bits per heavy atom. The first-order valence-corrected chi connectivity index (χ1v) is 11.3. The molecular weight excluding hydrogens is 510 g/mol. The summed E-state index contributed by atoms with van der Waals surface area (Å²) >= 11 is 0. The summed E-state index contributed by atoms with van der Waals surface area (Å²) in [7, 11) is 0. The zero-order chi connectivity index (χ0) is 27.2. The van der Waals surface area contributed by atoms with Crippen LogP contribution in [0.25, 0.3) is 12.2 Å². The predicted octanol–water partition coefficient (Wildman–Crippen LogP) is 7.84. The molecule has 10 heteroatoms. The molecule has 0 aliphatic heterocycles. The van der Waals surface area contributed by atoms with Gasteiger partial charge in [-0.15, -0.1) is 10.2 Å². The lowest BCUT2D eigenvalue weighted by atomic mass is 10.0. The molecule has 0 atom stereocenters. The molecule has 0 unspecified atom stereocenters. The number of benzene rings is 3. The molecule has 4 aromatic rings. The van der Waals surface area contributed by atoms with Gasteiger partial charge >= 0.3 is 12.4 Å². The van der Waals surface area contributed by atoms with E-state index in [1.807, 2.05) is 60.7 Å². The van der Waals surface area contributed by atoms with Crippen LogP contribution in [0.5, 0.6) is 11.6 Å². The van der Waals surface area contributed by atoms with Crippen molar-refractivity contribution < 1.29 is 35.8 Å². The molecule has 4 nitrogen and oxygen atoms in total. The van der Waals surface area contributed by atoms with Gasteiger partial charge in [0.05, 0.1) is 16.8 Å². The number of aromatic nitrogens is 2. The minimum atomic E-state index is -4.99. The average molecular weight is 530 g/mol. The number of ether oxygens (including phenoxy) is 2. The van der Waals surface area contributed by atoms with Gasteiger partial charge in [0.2, 0.25) is 0 Å². The van der Waals surface area contributed by atoms with Gasteiger partial charge in [0.1, 0.15) is 13.2 Å². The molecule has 0 aliphatic rings. The van der Waals surface area contributed by atoms with Crippen molar-refractivity contribution >= 4 is 12.2 Å². The fraction of sp³-hybridized carbons (Fsp3) is 0.143. The van der Waals surface area contributed by atoms with Crippen molar-refractivity contribution in [2.75, 3.05) is 0 Å². The maximum absolute atomic E-state index is 13.5. The van der Waals surface area contributed by atoms with E-state index in [1.165, 1.54) is 12.1 Å². The van der Waals surface area contributed by atoms with E-state index >= 15 is 0 Å². The molecule has 0 spiro atoms. The third kappa shape index (κ3) is 7.12. The van der Waals surface area contributed by atoms with E-state index in [1.54, 1.807) is 0 Å². The zero-order valence-electron chi connectivity index (χ0n) is 19.6. The first-order chi connectivity index (χ1) is 18.1. The highest BCUT2D eigenvalue weighted by Crippen LogP contribution is 2.38. The van der Waals surface area contributed by atoms with Gasteiger partial charge in [-0.3, -0.25) is 0 Å². The molecule has 3 aromatic carbocycles. The Bertz CT molecular complexity index is 1390. The first-order valence-electron chi connectivity index (χ1n) is 11.3. The number of halogens is 6. The van der Waals surface area contributed by atoms with Crippen LogP contribution in [0.1, 0.15) is 33.5 Å². The Morgan fingerprint density at radius 1 is 0.632 bits per heavy atom. The van der Waals surface area contributed by atoms with Crippen LogP contribution in [0, 0.1) is 0 Å². The van der Waals surface area contributed by atoms with Crippen LogP contribution in [-0.4, -0.2) is 10.2 Å². The van der Waals surface area contributed by atoms with Crippen LogP contribution in [0.4, 0.5) is 26.3 Å². The third-order valence-electron chi connectivity index (χ3n) is 5.32. The van der Waals surface area contributed by atoms with E-state index < -0.39 is 29.0 Å². The number of hydrogen-bond acceptors (Lipinski definition) is 4. The summed E-state index contributed by atoms with van der Waals surface area (Å²) in [6, 6.07) is 21.4. The Labute approximate surface area is 214 Å². The summed E-state index contributed by atoms with van der Waals surface area (Å²) in [5.74, 6) is 0.273. The summed E-state index contributed by atoms with van der Waals surface area (Å²) in [5, 5.41) is 7.98. The van der Waals surface area contributed by atoms with E-state index in [-0.39, 0.29) is 36.6 Å². The monoisotopic (exact) mass is 530 g/mol. The van der Waals surface area contributed by atoms with Crippen molar-refractivity contribution in [3.63, 3.8) is 0 Å². The van der Waals surface area contributed by atoms with E-state index in [2.05, 4.69) is 10.2 Å². The zero-order valence-corrected chi connectivity index (χ0v) is 19.6. The van der Waals surface area contributed by atoms with Crippen LogP contribution in [-0.2, 0) is 25.6 Å². The smallest absolute Gasteiger partial charge is 0.417 e. The van der Waals surface area contributed by atoms with E-state index in [0.29, 0.717) is 6.07 Å². The molecule has 4 rings (SSSR count). The lowest BCUT2D eigenvalue weighted by molar-refractivity contribution is -0.143. The topological polar surface area (TPSA) is 44.2 Å². The van der Waals surface area contributed by atoms with Crippen molar-refractivity contribution in [3.05, 3.63) is 118 Å². The highest BCUT2D eigenvalue weighted by Gasteiger charge is 2.37. The van der Waals surface area contributed by atoms with Gasteiger partial charge in [0, 0.05) is 6.07 Å². The van der Waals surface area contributed by atoms with Crippen LogP contribution in [0.15, 0.2) is 84.9 Å². The maximum atomic E-state index is 13.5. The van der Waals surface area contributed by atoms with Crippen molar-refractivity contribution in [1.29, 1.82) is 0 Å². The SMILES string of the molecule is FC(F)(F)c1ccc(C=Cc2cc(OCc3ccccc3)c(OCc3ccccc3)nn2)c(C(F)(F)F)c1. The van der Waals surface area contributed by atoms with Gasteiger partial charge < -0.3 is 9.47 Å². The maximum Gasteiger partial charge on any atom is 0.417 e. The molecule has 0 bridgehead atoms. The lowest BCUT2D eigenvalue weighted by Crippen LogP contribution is -2.12. The van der Waals surface area contributed by atoms with E-state index in [0.717, 1.165) is 23.3 Å². The molecule has 0 saturated carbocycles. The largest absolute Gasteiger partial charge is 0.483 e. The molecule has 0 radical (unpaired) electrons. The number of nitrogens with zero attached hydrogens (tertiary/aromatic N) is 2. The van der Waals surface area contributed by atoms with E-state index in [4.69, 9.17) is 9.47 Å². The molecule has 0 aliphatic carbocycles. The van der Waals surface area contributed by atoms with Gasteiger partial charge in [-0.2, -0.15) is 26.3 Å². The Morgan fingerprint density at radius 2 is 1.24 bits per heavy atom. The quantitative estimate of drug-likeness (QED) is 0.218. The molecule has 38 heavy (non-hydrogen) atoms. The van der Waals surface area contributed by atoms with Gasteiger partial charge in [-0.25, -0.2) is 0 Å². The van der Waals surface area contributed by atoms with Crippen LogP contribution < -0.4 is 9.47 Å². The molecule has 0 amide bonds. The summed E-state index contributed by atoms with van der Waals surface area (Å²) in [6.45, 7) is 0.335.